The van der Waals surface area contributed by atoms with Crippen LogP contribution in [0.25, 0.3) is 0 Å². The molecule has 1 aromatic carbocycles. The van der Waals surface area contributed by atoms with E-state index in [0.29, 0.717) is 0 Å². The number of aromatic hydroxyl groups is 1. The predicted molar refractivity (Wildman–Crippen MR) is 65.5 cm³/mol. The highest BCUT2D eigenvalue weighted by atomic mass is 32.2. The fourth-order valence-corrected chi connectivity index (χ4v) is 2.92. The second-order valence-corrected chi connectivity index (χ2v) is 5.76. The minimum atomic E-state index is -3.99. The number of anilines is 1. The Hall–Kier alpha value is -2.27. The predicted octanol–water partition coefficient (Wildman–Crippen LogP) is 0.953. The van der Waals surface area contributed by atoms with Crippen molar-refractivity contribution in [2.24, 2.45) is 0 Å². The number of aromatic nitrogens is 2. The molecule has 0 spiro atoms. The van der Waals surface area contributed by atoms with Crippen LogP contribution in [0.5, 0.6) is 5.75 Å². The fourth-order valence-electron chi connectivity index (χ4n) is 1.22. The Labute approximate surface area is 110 Å². The van der Waals surface area contributed by atoms with E-state index in [-0.39, 0.29) is 9.90 Å². The third kappa shape index (κ3) is 2.77. The molecular weight excluding hydrogens is 296 g/mol. The van der Waals surface area contributed by atoms with E-state index < -0.39 is 26.4 Å². The Morgan fingerprint density at radius 2 is 2.16 bits per heavy atom. The van der Waals surface area contributed by atoms with Crippen molar-refractivity contribution in [2.45, 2.75) is 4.90 Å². The van der Waals surface area contributed by atoms with Crippen LogP contribution in [0.4, 0.5) is 10.7 Å². The number of hydrogen-bond donors (Lipinski definition) is 2. The highest BCUT2D eigenvalue weighted by Crippen LogP contribution is 2.29. The SMILES string of the molecule is O=[N+]([O-])c1cc(S(=O)(=O)Nc2cnns2)ccc1O. The molecule has 0 unspecified atom stereocenters. The lowest BCUT2D eigenvalue weighted by atomic mass is 10.3. The lowest BCUT2D eigenvalue weighted by molar-refractivity contribution is -0.386. The van der Waals surface area contributed by atoms with Gasteiger partial charge in [-0.15, -0.1) is 5.10 Å². The number of nitrogens with one attached hydrogen (secondary N) is 1. The standard InChI is InChI=1S/C8H6N4O5S2/c13-7-2-1-5(3-6(7)12(14)15)19(16,17)10-8-4-9-11-18-8/h1-4,10,13H. The van der Waals surface area contributed by atoms with E-state index in [1.54, 1.807) is 0 Å². The average molecular weight is 302 g/mol. The van der Waals surface area contributed by atoms with E-state index in [1.165, 1.54) is 6.20 Å². The molecule has 0 aliphatic heterocycles. The molecule has 11 heteroatoms. The summed E-state index contributed by atoms with van der Waals surface area (Å²) in [6, 6.07) is 2.77. The van der Waals surface area contributed by atoms with Crippen molar-refractivity contribution in [1.29, 1.82) is 0 Å². The van der Waals surface area contributed by atoms with Gasteiger partial charge in [0.1, 0.15) is 5.00 Å². The first-order valence-corrected chi connectivity index (χ1v) is 6.93. The number of sulfonamides is 1. The summed E-state index contributed by atoms with van der Waals surface area (Å²) in [4.78, 5) is 9.42. The lowest BCUT2D eigenvalue weighted by Crippen LogP contribution is -2.12. The summed E-state index contributed by atoms with van der Waals surface area (Å²) in [5.41, 5.74) is -0.690. The van der Waals surface area contributed by atoms with Crippen molar-refractivity contribution in [3.05, 3.63) is 34.5 Å². The van der Waals surface area contributed by atoms with Gasteiger partial charge < -0.3 is 5.11 Å². The molecule has 2 N–H and O–H groups in total. The van der Waals surface area contributed by atoms with Crippen LogP contribution in [-0.4, -0.2) is 28.0 Å². The molecular formula is C8H6N4O5S2. The molecule has 0 fully saturated rings. The van der Waals surface area contributed by atoms with Crippen LogP contribution in [0.2, 0.25) is 0 Å². The summed E-state index contributed by atoms with van der Waals surface area (Å²) in [7, 11) is -3.99. The van der Waals surface area contributed by atoms with E-state index in [0.717, 1.165) is 29.7 Å². The monoisotopic (exact) mass is 302 g/mol. The Balaban J connectivity index is 2.41. The molecule has 19 heavy (non-hydrogen) atoms. The van der Waals surface area contributed by atoms with Crippen molar-refractivity contribution in [3.8, 4) is 5.75 Å². The van der Waals surface area contributed by atoms with Gasteiger partial charge in [0.2, 0.25) is 0 Å². The van der Waals surface area contributed by atoms with Gasteiger partial charge in [-0.1, -0.05) is 4.49 Å². The van der Waals surface area contributed by atoms with Gasteiger partial charge in [0.05, 0.1) is 16.0 Å². The maximum absolute atomic E-state index is 11.9. The summed E-state index contributed by atoms with van der Waals surface area (Å²) in [5.74, 6) is -0.608. The normalized spacial score (nSPS) is 11.2. The van der Waals surface area contributed by atoms with Crippen LogP contribution in [0.3, 0.4) is 0 Å². The molecule has 2 rings (SSSR count). The zero-order valence-electron chi connectivity index (χ0n) is 9.05. The maximum Gasteiger partial charge on any atom is 0.312 e. The second-order valence-electron chi connectivity index (χ2n) is 3.29. The molecule has 0 saturated carbocycles. The van der Waals surface area contributed by atoms with Gasteiger partial charge in [0.25, 0.3) is 10.0 Å². The van der Waals surface area contributed by atoms with Gasteiger partial charge in [0.15, 0.2) is 5.75 Å². The van der Waals surface area contributed by atoms with Crippen molar-refractivity contribution < 1.29 is 18.4 Å². The van der Waals surface area contributed by atoms with Crippen LogP contribution in [0.15, 0.2) is 29.3 Å². The van der Waals surface area contributed by atoms with Gasteiger partial charge in [-0.3, -0.25) is 14.8 Å². The van der Waals surface area contributed by atoms with E-state index in [1.807, 2.05) is 0 Å². The molecule has 0 saturated heterocycles. The van der Waals surface area contributed by atoms with Crippen molar-refractivity contribution in [2.75, 3.05) is 4.72 Å². The Morgan fingerprint density at radius 1 is 1.42 bits per heavy atom. The molecule has 0 radical (unpaired) electrons. The summed E-state index contributed by atoms with van der Waals surface area (Å²) in [5, 5.41) is 23.5. The topological polar surface area (TPSA) is 135 Å². The number of nitro benzene ring substituents is 1. The molecule has 1 heterocycles. The molecule has 9 nitrogen and oxygen atoms in total. The summed E-state index contributed by atoms with van der Waals surface area (Å²) in [6.45, 7) is 0. The van der Waals surface area contributed by atoms with Crippen LogP contribution in [0.1, 0.15) is 0 Å². The number of rotatable bonds is 4. The van der Waals surface area contributed by atoms with Gasteiger partial charge in [0, 0.05) is 17.6 Å². The smallest absolute Gasteiger partial charge is 0.312 e. The van der Waals surface area contributed by atoms with E-state index in [9.17, 15) is 23.6 Å². The molecule has 2 aromatic rings. The van der Waals surface area contributed by atoms with Crippen molar-refractivity contribution >= 4 is 32.2 Å². The summed E-state index contributed by atoms with van der Waals surface area (Å²) in [6.07, 6.45) is 1.21. The van der Waals surface area contributed by atoms with Gasteiger partial charge in [-0.25, -0.2) is 8.42 Å². The van der Waals surface area contributed by atoms with Crippen LogP contribution < -0.4 is 4.72 Å². The molecule has 0 aliphatic carbocycles. The van der Waals surface area contributed by atoms with E-state index >= 15 is 0 Å². The number of nitrogens with zero attached hydrogens (tertiary/aromatic N) is 3. The zero-order valence-corrected chi connectivity index (χ0v) is 10.7. The number of benzene rings is 1. The molecule has 0 amide bonds. The first-order chi connectivity index (χ1) is 8.90. The van der Waals surface area contributed by atoms with Gasteiger partial charge in [-0.2, -0.15) is 0 Å². The largest absolute Gasteiger partial charge is 0.502 e. The highest BCUT2D eigenvalue weighted by Gasteiger charge is 2.21. The molecule has 100 valence electrons. The van der Waals surface area contributed by atoms with Crippen LogP contribution in [0, 0.1) is 10.1 Å². The Kier molecular flexibility index (Phi) is 3.31. The first kappa shape index (κ1) is 13.2. The van der Waals surface area contributed by atoms with Gasteiger partial charge >= 0.3 is 5.69 Å². The molecule has 0 bridgehead atoms. The first-order valence-electron chi connectivity index (χ1n) is 4.68. The highest BCUT2D eigenvalue weighted by molar-refractivity contribution is 7.93. The summed E-state index contributed by atoms with van der Waals surface area (Å²) >= 11 is 0.823. The number of nitro groups is 1. The third-order valence-corrected chi connectivity index (χ3v) is 4.12. The Bertz CT molecular complexity index is 713. The molecule has 0 atom stereocenters. The maximum atomic E-state index is 11.9. The van der Waals surface area contributed by atoms with Crippen molar-refractivity contribution in [1.82, 2.24) is 9.59 Å². The number of phenols is 1. The average Bonchev–Trinajstić information content (AvgIpc) is 2.80. The minimum absolute atomic E-state index is 0.177. The zero-order chi connectivity index (χ0) is 14.0. The molecule has 1 aromatic heterocycles. The quantitative estimate of drug-likeness (QED) is 0.634. The van der Waals surface area contributed by atoms with Gasteiger partial charge in [-0.05, 0) is 12.1 Å². The minimum Gasteiger partial charge on any atom is -0.502 e. The van der Waals surface area contributed by atoms with E-state index in [4.69, 9.17) is 0 Å². The van der Waals surface area contributed by atoms with E-state index in [2.05, 4.69) is 14.3 Å². The van der Waals surface area contributed by atoms with Crippen molar-refractivity contribution in [3.63, 3.8) is 0 Å². The van der Waals surface area contributed by atoms with Crippen LogP contribution in [-0.2, 0) is 10.0 Å². The molecule has 0 aliphatic rings. The fraction of sp³-hybridized carbons (Fsp3) is 0. The van der Waals surface area contributed by atoms with Crippen LogP contribution >= 0.6 is 11.5 Å². The third-order valence-electron chi connectivity index (χ3n) is 2.05. The summed E-state index contributed by atoms with van der Waals surface area (Å²) < 4.78 is 29.5. The lowest BCUT2D eigenvalue weighted by Gasteiger charge is -2.05. The number of hydrogen-bond acceptors (Lipinski definition) is 8. The Morgan fingerprint density at radius 3 is 2.74 bits per heavy atom. The number of phenolic OH excluding ortho intramolecular Hbond substituents is 1. The second kappa shape index (κ2) is 4.78.